The number of rotatable bonds is 6. The van der Waals surface area contributed by atoms with Crippen molar-refractivity contribution < 1.29 is 16.8 Å². The van der Waals surface area contributed by atoms with E-state index < -0.39 is 30.2 Å². The Morgan fingerprint density at radius 1 is 0.667 bits per heavy atom. The van der Waals surface area contributed by atoms with Crippen LogP contribution in [-0.2, 0) is 19.7 Å². The van der Waals surface area contributed by atoms with Crippen molar-refractivity contribution in [2.45, 2.75) is 48.0 Å². The van der Waals surface area contributed by atoms with Gasteiger partial charge in [-0.2, -0.15) is 0 Å². The lowest BCUT2D eigenvalue weighted by Gasteiger charge is -2.14. The molecule has 0 aliphatic heterocycles. The van der Waals surface area contributed by atoms with E-state index in [2.05, 4.69) is 9.97 Å². The van der Waals surface area contributed by atoms with Crippen LogP contribution < -0.4 is 0 Å². The summed E-state index contributed by atoms with van der Waals surface area (Å²) in [6, 6.07) is 14.9. The molecule has 0 N–H and O–H groups in total. The van der Waals surface area contributed by atoms with Gasteiger partial charge in [0, 0.05) is 17.3 Å². The van der Waals surface area contributed by atoms with Crippen LogP contribution in [-0.4, -0.2) is 37.3 Å². The molecule has 1 heterocycles. The summed E-state index contributed by atoms with van der Waals surface area (Å²) in [5, 5.41) is -1.18. The van der Waals surface area contributed by atoms with Crippen molar-refractivity contribution in [3.05, 3.63) is 60.8 Å². The largest absolute Gasteiger partial charge is 0.237 e. The summed E-state index contributed by atoms with van der Waals surface area (Å²) < 4.78 is 51.3. The van der Waals surface area contributed by atoms with Crippen LogP contribution in [0.25, 0.3) is 22.6 Å². The van der Waals surface area contributed by atoms with E-state index in [1.54, 1.807) is 76.2 Å². The average Bonchev–Trinajstić information content (AvgIpc) is 2.73. The first-order valence-electron chi connectivity index (χ1n) is 9.56. The Balaban J connectivity index is 2.21. The van der Waals surface area contributed by atoms with Crippen LogP contribution in [0, 0.1) is 0 Å². The van der Waals surface area contributed by atoms with Gasteiger partial charge in [0.05, 0.1) is 26.0 Å². The molecule has 0 saturated carbocycles. The number of hydrogen-bond acceptors (Lipinski definition) is 6. The number of aromatic nitrogens is 2. The molecule has 0 fully saturated rings. The van der Waals surface area contributed by atoms with E-state index in [1.165, 1.54) is 12.3 Å². The number of hydrogen-bond donors (Lipinski definition) is 0. The second-order valence-corrected chi connectivity index (χ2v) is 12.4. The first-order chi connectivity index (χ1) is 14.1. The van der Waals surface area contributed by atoms with Gasteiger partial charge in [0.2, 0.25) is 0 Å². The van der Waals surface area contributed by atoms with Gasteiger partial charge in [0.25, 0.3) is 0 Å². The normalized spacial score (nSPS) is 12.5. The van der Waals surface area contributed by atoms with Crippen molar-refractivity contribution in [1.82, 2.24) is 9.97 Å². The molecule has 6 nitrogen and oxygen atoms in total. The third-order valence-electron chi connectivity index (χ3n) is 4.80. The van der Waals surface area contributed by atoms with E-state index in [4.69, 9.17) is 0 Å². The van der Waals surface area contributed by atoms with Gasteiger partial charge in [-0.3, -0.25) is 0 Å². The van der Waals surface area contributed by atoms with E-state index in [-0.39, 0.29) is 15.6 Å². The summed E-state index contributed by atoms with van der Waals surface area (Å²) in [7, 11) is -7.08. The number of benzene rings is 2. The monoisotopic (exact) mass is 444 g/mol. The summed E-state index contributed by atoms with van der Waals surface area (Å²) in [4.78, 5) is 9.15. The Labute approximate surface area is 177 Å². The Bertz CT molecular complexity index is 1180. The van der Waals surface area contributed by atoms with Gasteiger partial charge in [-0.1, -0.05) is 30.3 Å². The Hall–Kier alpha value is -2.58. The zero-order valence-electron chi connectivity index (χ0n) is 17.3. The van der Waals surface area contributed by atoms with Crippen LogP contribution in [0.4, 0.5) is 0 Å². The highest BCUT2D eigenvalue weighted by molar-refractivity contribution is 7.92. The summed E-state index contributed by atoms with van der Waals surface area (Å²) in [5.74, 6) is 0.226. The lowest BCUT2D eigenvalue weighted by atomic mass is 10.1. The number of nitrogens with zero attached hydrogens (tertiary/aromatic N) is 2. The van der Waals surface area contributed by atoms with Gasteiger partial charge in [0.15, 0.2) is 25.5 Å². The molecule has 0 saturated heterocycles. The highest BCUT2D eigenvalue weighted by Crippen LogP contribution is 2.31. The van der Waals surface area contributed by atoms with Crippen molar-refractivity contribution in [2.75, 3.05) is 0 Å². The highest BCUT2D eigenvalue weighted by atomic mass is 32.2. The fraction of sp³-hybridized carbons (Fsp3) is 0.273. The molecule has 3 rings (SSSR count). The Morgan fingerprint density at radius 3 is 1.67 bits per heavy atom. The molecule has 1 aromatic heterocycles. The second-order valence-electron chi connectivity index (χ2n) is 7.45. The molecular weight excluding hydrogens is 420 g/mol. The molecule has 30 heavy (non-hydrogen) atoms. The van der Waals surface area contributed by atoms with Crippen LogP contribution in [0.1, 0.15) is 27.7 Å². The van der Waals surface area contributed by atoms with E-state index >= 15 is 0 Å². The van der Waals surface area contributed by atoms with Crippen molar-refractivity contribution in [3.63, 3.8) is 0 Å². The van der Waals surface area contributed by atoms with Crippen LogP contribution in [0.3, 0.4) is 0 Å². The lowest BCUT2D eigenvalue weighted by molar-refractivity contribution is 0.586. The quantitative estimate of drug-likeness (QED) is 0.566. The minimum atomic E-state index is -3.55. The standard InChI is InChI=1S/C22H24N2O4S2/c1-15(2)29(25,26)20-11-7-5-9-17(20)19-13-14-23-22(24-19)18-10-6-8-12-21(18)30(27,28)16(3)4/h5-16H,1-4H3. The van der Waals surface area contributed by atoms with Crippen LogP contribution in [0.2, 0.25) is 0 Å². The predicted octanol–water partition coefficient (Wildman–Crippen LogP) is 4.17. The summed E-state index contributed by atoms with van der Waals surface area (Å²) in [6.07, 6.45) is 1.51. The first-order valence-corrected chi connectivity index (χ1v) is 12.7. The summed E-state index contributed by atoms with van der Waals surface area (Å²) >= 11 is 0. The number of sulfone groups is 2. The topological polar surface area (TPSA) is 94.1 Å². The Morgan fingerprint density at radius 2 is 1.13 bits per heavy atom. The fourth-order valence-corrected chi connectivity index (χ4v) is 5.47. The van der Waals surface area contributed by atoms with E-state index in [0.29, 0.717) is 16.8 Å². The molecule has 0 aliphatic rings. The molecule has 0 aliphatic carbocycles. The average molecular weight is 445 g/mol. The summed E-state index contributed by atoms with van der Waals surface area (Å²) in [6.45, 7) is 6.50. The zero-order chi connectivity index (χ0) is 22.1. The lowest BCUT2D eigenvalue weighted by Crippen LogP contribution is -2.16. The van der Waals surface area contributed by atoms with Crippen LogP contribution in [0.5, 0.6) is 0 Å². The molecule has 0 unspecified atom stereocenters. The third-order valence-corrected chi connectivity index (χ3v) is 9.22. The van der Waals surface area contributed by atoms with Gasteiger partial charge in [0.1, 0.15) is 0 Å². The van der Waals surface area contributed by atoms with Crippen molar-refractivity contribution in [1.29, 1.82) is 0 Å². The van der Waals surface area contributed by atoms with Gasteiger partial charge in [-0.15, -0.1) is 0 Å². The van der Waals surface area contributed by atoms with Gasteiger partial charge < -0.3 is 0 Å². The minimum Gasteiger partial charge on any atom is -0.237 e. The smallest absolute Gasteiger partial charge is 0.181 e. The molecule has 0 spiro atoms. The highest BCUT2D eigenvalue weighted by Gasteiger charge is 2.26. The summed E-state index contributed by atoms with van der Waals surface area (Å²) in [5.41, 5.74) is 1.26. The van der Waals surface area contributed by atoms with Gasteiger partial charge >= 0.3 is 0 Å². The second kappa shape index (κ2) is 8.28. The maximum absolute atomic E-state index is 12.8. The van der Waals surface area contributed by atoms with Crippen molar-refractivity contribution in [3.8, 4) is 22.6 Å². The Kier molecular flexibility index (Phi) is 6.10. The molecule has 8 heteroatoms. The van der Waals surface area contributed by atoms with E-state index in [1.807, 2.05) is 0 Å². The predicted molar refractivity (Wildman–Crippen MR) is 118 cm³/mol. The maximum atomic E-state index is 12.8. The molecule has 158 valence electrons. The molecular formula is C22H24N2O4S2. The van der Waals surface area contributed by atoms with Crippen LogP contribution in [0.15, 0.2) is 70.6 Å². The van der Waals surface area contributed by atoms with Crippen molar-refractivity contribution >= 4 is 19.7 Å². The SMILES string of the molecule is CC(C)S(=O)(=O)c1ccccc1-c1ccnc(-c2ccccc2S(=O)(=O)C(C)C)n1. The fourth-order valence-electron chi connectivity index (χ4n) is 2.97. The van der Waals surface area contributed by atoms with E-state index in [0.717, 1.165) is 0 Å². The first kappa shape index (κ1) is 22.1. The maximum Gasteiger partial charge on any atom is 0.181 e. The van der Waals surface area contributed by atoms with Crippen LogP contribution >= 0.6 is 0 Å². The minimum absolute atomic E-state index is 0.153. The van der Waals surface area contributed by atoms with E-state index in [9.17, 15) is 16.8 Å². The molecule has 2 aromatic carbocycles. The molecule has 0 radical (unpaired) electrons. The molecule has 0 bridgehead atoms. The van der Waals surface area contributed by atoms with Gasteiger partial charge in [-0.25, -0.2) is 26.8 Å². The third kappa shape index (κ3) is 4.02. The van der Waals surface area contributed by atoms with Crippen molar-refractivity contribution in [2.24, 2.45) is 0 Å². The molecule has 3 aromatic rings. The van der Waals surface area contributed by atoms with Gasteiger partial charge in [-0.05, 0) is 52.0 Å². The zero-order valence-corrected chi connectivity index (χ0v) is 18.9. The molecule has 0 atom stereocenters. The molecule has 0 amide bonds.